The summed E-state index contributed by atoms with van der Waals surface area (Å²) in [5, 5.41) is 4.38. The molecule has 2 aromatic heterocycles. The molecule has 3 fully saturated rings. The number of sulfonamides is 1. The maximum atomic E-state index is 14.4. The molecule has 2 aliphatic heterocycles. The van der Waals surface area contributed by atoms with Crippen molar-refractivity contribution in [2.75, 3.05) is 27.2 Å². The standard InChI is InChI=1S/C37H43F3N6O7S2/c1-21-27(52-4)11-10-24-28(18-25(41-30(21)24)32-42-29(20-54-32)37(38,39)40)53-23-12-16-46-26(17-23)31(47)43-36(33(48)44-55(50,51)35(2)13-14-35)19-22(36)9-7-5-6-8-15-45(3)34(46)49/h7,9-11,18,20,22-23,26H,5-6,8,12-17,19H2,1-4H3,(H,43,47)(H,44,48). The van der Waals surface area contributed by atoms with Crippen LogP contribution in [0.1, 0.15) is 69.5 Å². The minimum atomic E-state index is -4.64. The van der Waals surface area contributed by atoms with Crippen LogP contribution in [0.15, 0.2) is 35.7 Å². The number of thiazole rings is 1. The van der Waals surface area contributed by atoms with E-state index in [9.17, 15) is 36.0 Å². The Morgan fingerprint density at radius 3 is 2.58 bits per heavy atom. The average Bonchev–Trinajstić information content (AvgIpc) is 3.99. The number of methoxy groups -OCH3 is 1. The lowest BCUT2D eigenvalue weighted by molar-refractivity contribution is -0.140. The van der Waals surface area contributed by atoms with E-state index in [1.54, 1.807) is 37.9 Å². The monoisotopic (exact) mass is 804 g/mol. The first-order chi connectivity index (χ1) is 26.0. The van der Waals surface area contributed by atoms with E-state index in [4.69, 9.17) is 9.47 Å². The highest BCUT2D eigenvalue weighted by atomic mass is 32.2. The molecule has 13 nitrogen and oxygen atoms in total. The minimum Gasteiger partial charge on any atom is -0.496 e. The van der Waals surface area contributed by atoms with E-state index in [1.165, 1.54) is 18.1 Å². The van der Waals surface area contributed by atoms with Crippen molar-refractivity contribution in [3.63, 3.8) is 0 Å². The number of benzene rings is 1. The predicted octanol–water partition coefficient (Wildman–Crippen LogP) is 5.57. The second kappa shape index (κ2) is 14.2. The molecule has 55 heavy (non-hydrogen) atoms. The van der Waals surface area contributed by atoms with E-state index in [0.717, 1.165) is 23.1 Å². The third-order valence-corrected chi connectivity index (χ3v) is 14.2. The van der Waals surface area contributed by atoms with Gasteiger partial charge < -0.3 is 24.6 Å². The van der Waals surface area contributed by atoms with Crippen LogP contribution in [0, 0.1) is 12.8 Å². The molecule has 0 radical (unpaired) electrons. The van der Waals surface area contributed by atoms with Gasteiger partial charge in [-0.15, -0.1) is 11.3 Å². The number of ether oxygens (including phenoxy) is 2. The van der Waals surface area contributed by atoms with Crippen LogP contribution in [-0.4, -0.2) is 95.7 Å². The first-order valence-electron chi connectivity index (χ1n) is 18.2. The molecule has 7 rings (SSSR count). The summed E-state index contributed by atoms with van der Waals surface area (Å²) in [5.41, 5.74) is -1.36. The summed E-state index contributed by atoms with van der Waals surface area (Å²) in [6.45, 7) is 3.92. The maximum absolute atomic E-state index is 14.4. The van der Waals surface area contributed by atoms with Gasteiger partial charge in [-0.25, -0.2) is 23.2 Å². The molecular formula is C37H43F3N6O7S2. The van der Waals surface area contributed by atoms with Crippen LogP contribution in [0.4, 0.5) is 18.0 Å². The number of hydrogen-bond acceptors (Lipinski definition) is 10. The Bertz CT molecular complexity index is 2170. The lowest BCUT2D eigenvalue weighted by atomic mass is 9.97. The number of aromatic nitrogens is 2. The van der Waals surface area contributed by atoms with E-state index >= 15 is 0 Å². The van der Waals surface area contributed by atoms with Crippen molar-refractivity contribution in [2.45, 2.75) is 93.8 Å². The van der Waals surface area contributed by atoms with Gasteiger partial charge in [-0.1, -0.05) is 12.2 Å². The number of nitrogens with zero attached hydrogens (tertiary/aromatic N) is 4. The largest absolute Gasteiger partial charge is 0.496 e. The van der Waals surface area contributed by atoms with Crippen LogP contribution < -0.4 is 19.5 Å². The van der Waals surface area contributed by atoms with Crippen molar-refractivity contribution in [3.8, 4) is 22.2 Å². The zero-order valence-corrected chi connectivity index (χ0v) is 32.5. The fourth-order valence-electron chi connectivity index (χ4n) is 7.28. The molecule has 4 aliphatic rings. The van der Waals surface area contributed by atoms with Gasteiger partial charge >= 0.3 is 12.2 Å². The van der Waals surface area contributed by atoms with E-state index in [2.05, 4.69) is 20.0 Å². The topological polar surface area (TPSA) is 160 Å². The van der Waals surface area contributed by atoms with E-state index in [1.807, 2.05) is 12.2 Å². The SMILES string of the molecule is COc1ccc2c(OC3CCN4C(=O)N(C)CCCCC=CC5CC5(C(=O)NS(=O)(=O)C5(C)CC5)NC(=O)C4C3)cc(-c3nc(C(F)(F)F)cs3)nc2c1C. The van der Waals surface area contributed by atoms with Crippen molar-refractivity contribution in [1.82, 2.24) is 29.8 Å². The molecule has 18 heteroatoms. The summed E-state index contributed by atoms with van der Waals surface area (Å²) in [4.78, 5) is 53.5. The number of piperidine rings is 1. The summed E-state index contributed by atoms with van der Waals surface area (Å²) < 4.78 is 80.0. The van der Waals surface area contributed by atoms with Crippen molar-refractivity contribution < 1.29 is 45.4 Å². The van der Waals surface area contributed by atoms with Gasteiger partial charge in [-0.05, 0) is 64.5 Å². The third kappa shape index (κ3) is 7.46. The Labute approximate surface area is 320 Å². The normalized spacial score (nSPS) is 25.7. The quantitative estimate of drug-likeness (QED) is 0.291. The van der Waals surface area contributed by atoms with Crippen molar-refractivity contribution in [2.24, 2.45) is 5.92 Å². The number of amides is 4. The van der Waals surface area contributed by atoms with Crippen LogP contribution in [0.2, 0.25) is 0 Å². The van der Waals surface area contributed by atoms with Crippen molar-refractivity contribution >= 4 is 50.1 Å². The molecule has 4 unspecified atom stereocenters. The van der Waals surface area contributed by atoms with Gasteiger partial charge in [-0.2, -0.15) is 13.2 Å². The summed E-state index contributed by atoms with van der Waals surface area (Å²) in [6, 6.07) is 3.51. The van der Waals surface area contributed by atoms with Crippen LogP contribution in [-0.2, 0) is 25.8 Å². The summed E-state index contributed by atoms with van der Waals surface area (Å²) >= 11 is 0.795. The van der Waals surface area contributed by atoms with E-state index < -0.39 is 62.1 Å². The highest BCUT2D eigenvalue weighted by Gasteiger charge is 2.63. The van der Waals surface area contributed by atoms with Gasteiger partial charge in [0.05, 0.1) is 17.4 Å². The molecule has 2 aliphatic carbocycles. The lowest BCUT2D eigenvalue weighted by Crippen LogP contribution is -2.61. The Morgan fingerprint density at radius 2 is 1.89 bits per heavy atom. The smallest absolute Gasteiger partial charge is 0.434 e. The number of halogens is 3. The molecule has 296 valence electrons. The molecule has 4 atom stereocenters. The number of carbonyl (C=O) groups is 3. The minimum absolute atomic E-state index is 0.00372. The number of aryl methyl sites for hydroxylation is 1. The second-order valence-corrected chi connectivity index (χ2v) is 18.1. The number of allylic oxidation sites excluding steroid dienone is 1. The van der Waals surface area contributed by atoms with Crippen LogP contribution in [0.5, 0.6) is 11.5 Å². The van der Waals surface area contributed by atoms with Crippen LogP contribution >= 0.6 is 11.3 Å². The average molecular weight is 805 g/mol. The molecule has 1 aromatic carbocycles. The summed E-state index contributed by atoms with van der Waals surface area (Å²) in [7, 11) is -0.838. The van der Waals surface area contributed by atoms with E-state index in [-0.39, 0.29) is 36.1 Å². The number of nitrogens with one attached hydrogen (secondary N) is 2. The highest BCUT2D eigenvalue weighted by Crippen LogP contribution is 2.48. The molecule has 0 spiro atoms. The molecule has 4 heterocycles. The van der Waals surface area contributed by atoms with Crippen molar-refractivity contribution in [1.29, 1.82) is 0 Å². The van der Waals surface area contributed by atoms with Gasteiger partial charge in [0.15, 0.2) is 5.69 Å². The number of rotatable bonds is 7. The fraction of sp³-hybridized carbons (Fsp3) is 0.541. The molecule has 1 saturated heterocycles. The summed E-state index contributed by atoms with van der Waals surface area (Å²) in [5.74, 6) is -1.09. The molecular weight excluding hydrogens is 762 g/mol. The van der Waals surface area contributed by atoms with Crippen LogP contribution in [0.3, 0.4) is 0 Å². The Balaban J connectivity index is 1.21. The van der Waals surface area contributed by atoms with Crippen LogP contribution in [0.25, 0.3) is 21.6 Å². The number of carbonyl (C=O) groups excluding carboxylic acids is 3. The Kier molecular flexibility index (Phi) is 10.1. The molecule has 3 aromatic rings. The number of pyridine rings is 1. The van der Waals surface area contributed by atoms with E-state index in [0.29, 0.717) is 66.6 Å². The fourth-order valence-corrected chi connectivity index (χ4v) is 9.38. The zero-order chi connectivity index (χ0) is 39.5. The molecule has 2 saturated carbocycles. The number of fused-ring (bicyclic) bond motifs is 3. The first-order valence-corrected chi connectivity index (χ1v) is 20.6. The van der Waals surface area contributed by atoms with Gasteiger partial charge in [0, 0.05) is 61.3 Å². The molecule has 4 amide bonds. The predicted molar refractivity (Wildman–Crippen MR) is 198 cm³/mol. The van der Waals surface area contributed by atoms with Gasteiger partial charge in [0.25, 0.3) is 5.91 Å². The van der Waals surface area contributed by atoms with Gasteiger partial charge in [-0.3, -0.25) is 14.3 Å². The number of alkyl halides is 3. The third-order valence-electron chi connectivity index (χ3n) is 11.2. The van der Waals surface area contributed by atoms with Gasteiger partial charge in [0.2, 0.25) is 15.9 Å². The lowest BCUT2D eigenvalue weighted by Gasteiger charge is -2.40. The first kappa shape index (κ1) is 38.8. The maximum Gasteiger partial charge on any atom is 0.434 e. The second-order valence-electron chi connectivity index (χ2n) is 15.1. The Morgan fingerprint density at radius 1 is 1.13 bits per heavy atom. The van der Waals surface area contributed by atoms with Gasteiger partial charge in [0.1, 0.15) is 39.9 Å². The number of urea groups is 1. The zero-order valence-electron chi connectivity index (χ0n) is 30.9. The Hall–Kier alpha value is -4.45. The highest BCUT2D eigenvalue weighted by molar-refractivity contribution is 7.91. The molecule has 0 bridgehead atoms. The van der Waals surface area contributed by atoms with Crippen molar-refractivity contribution in [3.05, 3.63) is 47.0 Å². The molecule has 2 N–H and O–H groups in total. The number of hydrogen-bond donors (Lipinski definition) is 2. The summed E-state index contributed by atoms with van der Waals surface area (Å²) in [6.07, 6.45) is 1.99.